The zero-order valence-electron chi connectivity index (χ0n) is 12.6. The molecular weight excluding hydrogens is 306 g/mol. The van der Waals surface area contributed by atoms with Crippen molar-refractivity contribution in [2.24, 2.45) is 0 Å². The van der Waals surface area contributed by atoms with Gasteiger partial charge in [0.1, 0.15) is 23.7 Å². The van der Waals surface area contributed by atoms with E-state index >= 15 is 0 Å². The average Bonchev–Trinajstić information content (AvgIpc) is 2.91. The van der Waals surface area contributed by atoms with Crippen molar-refractivity contribution in [3.63, 3.8) is 0 Å². The second-order valence-corrected chi connectivity index (χ2v) is 6.78. The van der Waals surface area contributed by atoms with Gasteiger partial charge in [-0.25, -0.2) is 0 Å². The van der Waals surface area contributed by atoms with E-state index in [2.05, 4.69) is 5.10 Å². The highest BCUT2D eigenvalue weighted by Gasteiger charge is 2.24. The molecule has 0 aliphatic rings. The van der Waals surface area contributed by atoms with Gasteiger partial charge in [0, 0.05) is 21.0 Å². The average molecular weight is 323 g/mol. The van der Waals surface area contributed by atoms with Crippen LogP contribution in [0, 0.1) is 0 Å². The van der Waals surface area contributed by atoms with Crippen LogP contribution in [0.2, 0.25) is 0 Å². The molecule has 118 valence electrons. The molecule has 0 fully saturated rings. The maximum atomic E-state index is 12.2. The minimum absolute atomic E-state index is 0.000335. The maximum absolute atomic E-state index is 12.2. The molecule has 0 radical (unpaired) electrons. The Balaban J connectivity index is 2.30. The Bertz CT molecular complexity index is 767. The summed E-state index contributed by atoms with van der Waals surface area (Å²) in [5.74, 6) is 0.251. The second-order valence-electron chi connectivity index (χ2n) is 4.81. The third-order valence-corrected chi connectivity index (χ3v) is 4.54. The molecule has 2 rings (SSSR count). The molecule has 22 heavy (non-hydrogen) atoms. The molecule has 0 N–H and O–H groups in total. The van der Waals surface area contributed by atoms with Crippen LogP contribution in [0.25, 0.3) is 0 Å². The van der Waals surface area contributed by atoms with E-state index in [1.54, 1.807) is 12.1 Å². The molecule has 0 amide bonds. The molecular formula is C14H17N3O4S. The van der Waals surface area contributed by atoms with Gasteiger partial charge in [0.05, 0.1) is 0 Å². The van der Waals surface area contributed by atoms with Gasteiger partial charge in [0.25, 0.3) is 0 Å². The summed E-state index contributed by atoms with van der Waals surface area (Å²) in [5.41, 5.74) is 0.361. The van der Waals surface area contributed by atoms with Crippen LogP contribution in [0.1, 0.15) is 23.1 Å². The van der Waals surface area contributed by atoms with Crippen molar-refractivity contribution < 1.29 is 17.9 Å². The van der Waals surface area contributed by atoms with Crippen LogP contribution in [0.5, 0.6) is 5.75 Å². The number of Topliss-reactive ketones (excluding diaryl/α,β-unsaturated/α-hetero) is 1. The summed E-state index contributed by atoms with van der Waals surface area (Å²) in [6.45, 7) is 1.36. The van der Waals surface area contributed by atoms with Gasteiger partial charge in [0.2, 0.25) is 0 Å². The Labute approximate surface area is 129 Å². The third-order valence-electron chi connectivity index (χ3n) is 2.90. The molecule has 0 saturated heterocycles. The number of carbonyl (C=O) groups excluding carboxylic acids is 1. The zero-order chi connectivity index (χ0) is 16.3. The number of ketones is 1. The number of hydrogen-bond donors (Lipinski definition) is 0. The van der Waals surface area contributed by atoms with Gasteiger partial charge in [-0.15, -0.1) is 4.09 Å². The van der Waals surface area contributed by atoms with E-state index in [1.807, 2.05) is 18.2 Å². The number of benzene rings is 1. The topological polar surface area (TPSA) is 81.5 Å². The first-order chi connectivity index (χ1) is 10.3. The van der Waals surface area contributed by atoms with Gasteiger partial charge in [-0.3, -0.25) is 4.79 Å². The predicted octanol–water partition coefficient (Wildman–Crippen LogP) is 1.32. The zero-order valence-corrected chi connectivity index (χ0v) is 13.4. The number of aromatic nitrogens is 2. The molecule has 8 heteroatoms. The van der Waals surface area contributed by atoms with E-state index in [1.165, 1.54) is 27.1 Å². The highest BCUT2D eigenvalue weighted by atomic mass is 32.2. The number of carbonyl (C=O) groups is 1. The summed E-state index contributed by atoms with van der Waals surface area (Å²) >= 11 is 0. The minimum atomic E-state index is -3.85. The Morgan fingerprint density at radius 1 is 1.27 bits per heavy atom. The van der Waals surface area contributed by atoms with Crippen LogP contribution in [0.3, 0.4) is 0 Å². The van der Waals surface area contributed by atoms with E-state index in [4.69, 9.17) is 4.74 Å². The molecule has 0 bridgehead atoms. The first kappa shape index (κ1) is 16.2. The Hall–Kier alpha value is -2.19. The lowest BCUT2D eigenvalue weighted by Crippen LogP contribution is -2.31. The number of rotatable bonds is 6. The number of para-hydroxylation sites is 1. The molecule has 0 aliphatic carbocycles. The SMILES string of the molecule is CC(=O)c1cc(COc2ccccc2)nn1S(=O)(=O)N(C)C. The summed E-state index contributed by atoms with van der Waals surface area (Å²) in [7, 11) is -1.10. The fraction of sp³-hybridized carbons (Fsp3) is 0.286. The molecule has 7 nitrogen and oxygen atoms in total. The van der Waals surface area contributed by atoms with Crippen molar-refractivity contribution in [3.05, 3.63) is 47.8 Å². The molecule has 0 atom stereocenters. The fourth-order valence-electron chi connectivity index (χ4n) is 1.72. The van der Waals surface area contributed by atoms with E-state index < -0.39 is 10.2 Å². The molecule has 0 saturated carbocycles. The Kier molecular flexibility index (Phi) is 4.62. The molecule has 0 spiro atoms. The van der Waals surface area contributed by atoms with Crippen molar-refractivity contribution in [1.82, 2.24) is 13.5 Å². The van der Waals surface area contributed by atoms with Crippen molar-refractivity contribution in [2.45, 2.75) is 13.5 Å². The summed E-state index contributed by atoms with van der Waals surface area (Å²) in [5, 5.41) is 3.98. The number of ether oxygens (including phenoxy) is 1. The fourth-order valence-corrected chi connectivity index (χ4v) is 2.67. The summed E-state index contributed by atoms with van der Waals surface area (Å²) in [6.07, 6.45) is 0. The molecule has 0 aliphatic heterocycles. The standard InChI is InChI=1S/C14H17N3O4S/c1-11(18)14-9-12(10-21-13-7-5-4-6-8-13)15-17(14)22(19,20)16(2)3/h4-9H,10H2,1-3H3. The summed E-state index contributed by atoms with van der Waals surface area (Å²) in [6, 6.07) is 10.5. The minimum Gasteiger partial charge on any atom is -0.487 e. The number of nitrogens with zero attached hydrogens (tertiary/aromatic N) is 3. The van der Waals surface area contributed by atoms with Gasteiger partial charge in [-0.05, 0) is 18.2 Å². The summed E-state index contributed by atoms with van der Waals surface area (Å²) < 4.78 is 31.6. The van der Waals surface area contributed by atoms with Crippen LogP contribution in [0.15, 0.2) is 36.4 Å². The molecule has 1 heterocycles. The Morgan fingerprint density at radius 3 is 2.45 bits per heavy atom. The lowest BCUT2D eigenvalue weighted by atomic mass is 10.3. The van der Waals surface area contributed by atoms with Gasteiger partial charge in [-0.1, -0.05) is 18.2 Å². The van der Waals surface area contributed by atoms with Crippen LogP contribution >= 0.6 is 0 Å². The van der Waals surface area contributed by atoms with Crippen molar-refractivity contribution in [1.29, 1.82) is 0 Å². The molecule has 0 unspecified atom stereocenters. The Morgan fingerprint density at radius 2 is 1.91 bits per heavy atom. The van der Waals surface area contributed by atoms with Crippen molar-refractivity contribution in [3.8, 4) is 5.75 Å². The quantitative estimate of drug-likeness (QED) is 0.749. The van der Waals surface area contributed by atoms with Crippen LogP contribution in [0.4, 0.5) is 0 Å². The first-order valence-electron chi connectivity index (χ1n) is 6.53. The monoisotopic (exact) mass is 323 g/mol. The van der Waals surface area contributed by atoms with Crippen LogP contribution in [-0.2, 0) is 16.8 Å². The third kappa shape index (κ3) is 3.34. The first-order valence-corrected chi connectivity index (χ1v) is 7.93. The highest BCUT2D eigenvalue weighted by molar-refractivity contribution is 7.87. The van der Waals surface area contributed by atoms with Gasteiger partial charge >= 0.3 is 10.2 Å². The van der Waals surface area contributed by atoms with Crippen LogP contribution < -0.4 is 4.74 Å². The van der Waals surface area contributed by atoms with Gasteiger partial charge < -0.3 is 4.74 Å². The second kappa shape index (κ2) is 6.29. The van der Waals surface area contributed by atoms with Crippen molar-refractivity contribution >= 4 is 16.0 Å². The molecule has 2 aromatic rings. The maximum Gasteiger partial charge on any atom is 0.323 e. The van der Waals surface area contributed by atoms with Crippen molar-refractivity contribution in [2.75, 3.05) is 14.1 Å². The highest BCUT2D eigenvalue weighted by Crippen LogP contribution is 2.14. The smallest absolute Gasteiger partial charge is 0.323 e. The van der Waals surface area contributed by atoms with Gasteiger partial charge in [-0.2, -0.15) is 17.8 Å². The van der Waals surface area contributed by atoms with Gasteiger partial charge in [0.15, 0.2) is 5.78 Å². The molecule has 1 aromatic heterocycles. The van der Waals surface area contributed by atoms with E-state index in [9.17, 15) is 13.2 Å². The lowest BCUT2D eigenvalue weighted by molar-refractivity contribution is 0.101. The van der Waals surface area contributed by atoms with E-state index in [0.717, 1.165) is 8.39 Å². The largest absolute Gasteiger partial charge is 0.487 e. The van der Waals surface area contributed by atoms with Crippen LogP contribution in [-0.4, -0.2) is 41.8 Å². The molecule has 1 aromatic carbocycles. The lowest BCUT2D eigenvalue weighted by Gasteiger charge is -2.12. The summed E-state index contributed by atoms with van der Waals surface area (Å²) in [4.78, 5) is 11.6. The van der Waals surface area contributed by atoms with E-state index in [-0.39, 0.29) is 18.1 Å². The predicted molar refractivity (Wildman–Crippen MR) is 81.0 cm³/mol. The normalized spacial score (nSPS) is 11.6. The van der Waals surface area contributed by atoms with E-state index in [0.29, 0.717) is 11.4 Å². The number of hydrogen-bond acceptors (Lipinski definition) is 5.